The van der Waals surface area contributed by atoms with Gasteiger partial charge in [-0.15, -0.1) is 0 Å². The summed E-state index contributed by atoms with van der Waals surface area (Å²) in [5, 5.41) is 3.96. The molecular weight excluding hydrogens is 230 g/mol. The molecule has 1 aromatic heterocycles. The normalized spacial score (nSPS) is 10.4. The van der Waals surface area contributed by atoms with Gasteiger partial charge in [0.05, 0.1) is 5.56 Å². The maximum atomic E-state index is 11.5. The number of aromatic nitrogens is 3. The first-order chi connectivity index (χ1) is 8.58. The fourth-order valence-electron chi connectivity index (χ4n) is 1.64. The van der Waals surface area contributed by atoms with Crippen molar-refractivity contribution in [1.82, 2.24) is 14.8 Å². The Morgan fingerprint density at radius 3 is 2.83 bits per heavy atom. The Kier molecular flexibility index (Phi) is 3.41. The van der Waals surface area contributed by atoms with Gasteiger partial charge < -0.3 is 4.74 Å². The first-order valence-corrected chi connectivity index (χ1v) is 5.65. The number of ketones is 1. The molecular formula is C13H15N3O2. The molecule has 18 heavy (non-hydrogen) atoms. The second-order valence-electron chi connectivity index (χ2n) is 4.14. The molecule has 0 aliphatic rings. The van der Waals surface area contributed by atoms with Gasteiger partial charge >= 0.3 is 0 Å². The number of Topliss-reactive ketones (excluding diaryl/α,β-unsaturated/α-hetero) is 1. The van der Waals surface area contributed by atoms with Crippen molar-refractivity contribution in [3.63, 3.8) is 0 Å². The van der Waals surface area contributed by atoms with Crippen LogP contribution in [0.2, 0.25) is 0 Å². The molecule has 0 saturated heterocycles. The lowest BCUT2D eigenvalue weighted by molar-refractivity contribution is 0.101. The third-order valence-electron chi connectivity index (χ3n) is 2.68. The summed E-state index contributed by atoms with van der Waals surface area (Å²) in [6, 6.07) is 5.55. The molecule has 0 radical (unpaired) electrons. The lowest BCUT2D eigenvalue weighted by Gasteiger charge is -2.10. The van der Waals surface area contributed by atoms with Gasteiger partial charge in [0.25, 0.3) is 0 Å². The number of rotatable bonds is 4. The maximum absolute atomic E-state index is 11.5. The molecule has 1 heterocycles. The van der Waals surface area contributed by atoms with Gasteiger partial charge in [-0.25, -0.2) is 4.98 Å². The molecule has 0 atom stereocenters. The van der Waals surface area contributed by atoms with Crippen LogP contribution in [-0.2, 0) is 13.7 Å². The fraction of sp³-hybridized carbons (Fsp3) is 0.308. The van der Waals surface area contributed by atoms with Crippen LogP contribution in [0.5, 0.6) is 5.75 Å². The highest BCUT2D eigenvalue weighted by atomic mass is 16.5. The van der Waals surface area contributed by atoms with Crippen LogP contribution < -0.4 is 4.74 Å². The van der Waals surface area contributed by atoms with E-state index in [1.165, 1.54) is 13.3 Å². The Bertz CT molecular complexity index is 575. The molecule has 2 aromatic rings. The van der Waals surface area contributed by atoms with Gasteiger partial charge in [0.2, 0.25) is 0 Å². The Hall–Kier alpha value is -2.17. The van der Waals surface area contributed by atoms with Crippen molar-refractivity contribution in [1.29, 1.82) is 0 Å². The monoisotopic (exact) mass is 245 g/mol. The second kappa shape index (κ2) is 5.00. The summed E-state index contributed by atoms with van der Waals surface area (Å²) in [6.45, 7) is 3.77. The number of ether oxygens (including phenoxy) is 1. The number of aryl methyl sites for hydroxylation is 2. The molecule has 5 heteroatoms. The zero-order valence-corrected chi connectivity index (χ0v) is 10.7. The lowest BCUT2D eigenvalue weighted by Crippen LogP contribution is -2.07. The molecule has 0 fully saturated rings. The first kappa shape index (κ1) is 12.3. The van der Waals surface area contributed by atoms with Gasteiger partial charge in [0, 0.05) is 7.05 Å². The molecule has 0 bridgehead atoms. The van der Waals surface area contributed by atoms with Crippen molar-refractivity contribution < 1.29 is 9.53 Å². The Morgan fingerprint density at radius 2 is 2.22 bits per heavy atom. The van der Waals surface area contributed by atoms with Crippen LogP contribution in [0.25, 0.3) is 0 Å². The second-order valence-corrected chi connectivity index (χ2v) is 4.14. The number of benzene rings is 1. The average molecular weight is 245 g/mol. The summed E-state index contributed by atoms with van der Waals surface area (Å²) in [7, 11) is 1.80. The lowest BCUT2D eigenvalue weighted by atomic mass is 10.1. The predicted octanol–water partition coefficient (Wildman–Crippen LogP) is 1.91. The van der Waals surface area contributed by atoms with Crippen molar-refractivity contribution in [2.75, 3.05) is 0 Å². The highest BCUT2D eigenvalue weighted by Gasteiger charge is 2.10. The number of hydrogen-bond acceptors (Lipinski definition) is 4. The van der Waals surface area contributed by atoms with Crippen LogP contribution >= 0.6 is 0 Å². The fourth-order valence-corrected chi connectivity index (χ4v) is 1.64. The molecule has 0 amide bonds. The van der Waals surface area contributed by atoms with Crippen LogP contribution in [0, 0.1) is 6.92 Å². The van der Waals surface area contributed by atoms with Crippen LogP contribution in [0.15, 0.2) is 24.5 Å². The third-order valence-corrected chi connectivity index (χ3v) is 2.68. The Labute approximate surface area is 105 Å². The van der Waals surface area contributed by atoms with Crippen molar-refractivity contribution >= 4 is 5.78 Å². The van der Waals surface area contributed by atoms with E-state index in [9.17, 15) is 4.79 Å². The van der Waals surface area contributed by atoms with E-state index in [0.717, 1.165) is 5.56 Å². The third kappa shape index (κ3) is 2.56. The van der Waals surface area contributed by atoms with E-state index >= 15 is 0 Å². The van der Waals surface area contributed by atoms with Gasteiger partial charge in [0.15, 0.2) is 11.6 Å². The molecule has 0 saturated carbocycles. The van der Waals surface area contributed by atoms with Gasteiger partial charge in [-0.2, -0.15) is 5.10 Å². The van der Waals surface area contributed by atoms with Crippen molar-refractivity contribution in [3.05, 3.63) is 41.5 Å². The van der Waals surface area contributed by atoms with Crippen molar-refractivity contribution in [3.8, 4) is 5.75 Å². The standard InChI is InChI=1S/C13H15N3O2/c1-9-4-5-12(11(6-9)10(2)17)18-7-13-14-8-15-16(13)3/h4-6,8H,7H2,1-3H3. The zero-order valence-electron chi connectivity index (χ0n) is 10.7. The number of carbonyl (C=O) groups excluding carboxylic acids is 1. The Morgan fingerprint density at radius 1 is 1.44 bits per heavy atom. The molecule has 1 aromatic carbocycles. The molecule has 0 spiro atoms. The zero-order chi connectivity index (χ0) is 13.1. The number of hydrogen-bond donors (Lipinski definition) is 0. The number of carbonyl (C=O) groups is 1. The minimum atomic E-state index is -0.00772. The van der Waals surface area contributed by atoms with E-state index in [1.807, 2.05) is 25.1 Å². The van der Waals surface area contributed by atoms with Crippen LogP contribution in [0.1, 0.15) is 28.7 Å². The summed E-state index contributed by atoms with van der Waals surface area (Å²) < 4.78 is 7.27. The summed E-state index contributed by atoms with van der Waals surface area (Å²) in [6.07, 6.45) is 1.47. The molecule has 0 unspecified atom stereocenters. The van der Waals surface area contributed by atoms with E-state index < -0.39 is 0 Å². The summed E-state index contributed by atoms with van der Waals surface area (Å²) in [5.41, 5.74) is 1.63. The van der Waals surface area contributed by atoms with Gasteiger partial charge in [-0.1, -0.05) is 11.6 Å². The maximum Gasteiger partial charge on any atom is 0.164 e. The number of nitrogens with zero attached hydrogens (tertiary/aromatic N) is 3. The smallest absolute Gasteiger partial charge is 0.164 e. The van der Waals surface area contributed by atoms with Crippen molar-refractivity contribution in [2.45, 2.75) is 20.5 Å². The summed E-state index contributed by atoms with van der Waals surface area (Å²) >= 11 is 0. The SMILES string of the molecule is CC(=O)c1cc(C)ccc1OCc1ncnn1C. The minimum Gasteiger partial charge on any atom is -0.485 e. The van der Waals surface area contributed by atoms with E-state index in [1.54, 1.807) is 11.7 Å². The average Bonchev–Trinajstić information content (AvgIpc) is 2.73. The highest BCUT2D eigenvalue weighted by Crippen LogP contribution is 2.21. The van der Waals surface area contributed by atoms with E-state index in [-0.39, 0.29) is 5.78 Å². The largest absolute Gasteiger partial charge is 0.485 e. The van der Waals surface area contributed by atoms with Crippen LogP contribution in [0.3, 0.4) is 0 Å². The van der Waals surface area contributed by atoms with E-state index in [2.05, 4.69) is 10.1 Å². The van der Waals surface area contributed by atoms with Gasteiger partial charge in [-0.05, 0) is 26.0 Å². The van der Waals surface area contributed by atoms with Crippen LogP contribution in [-0.4, -0.2) is 20.5 Å². The van der Waals surface area contributed by atoms with Gasteiger partial charge in [-0.3, -0.25) is 9.48 Å². The molecule has 0 N–H and O–H groups in total. The predicted molar refractivity (Wildman–Crippen MR) is 66.5 cm³/mol. The highest BCUT2D eigenvalue weighted by molar-refractivity contribution is 5.97. The molecule has 5 nitrogen and oxygen atoms in total. The first-order valence-electron chi connectivity index (χ1n) is 5.65. The summed E-state index contributed by atoms with van der Waals surface area (Å²) in [4.78, 5) is 15.6. The molecule has 2 rings (SSSR count). The quantitative estimate of drug-likeness (QED) is 0.772. The van der Waals surface area contributed by atoms with Gasteiger partial charge in [0.1, 0.15) is 18.7 Å². The van der Waals surface area contributed by atoms with E-state index in [0.29, 0.717) is 23.7 Å². The van der Waals surface area contributed by atoms with Crippen LogP contribution in [0.4, 0.5) is 0 Å². The summed E-state index contributed by atoms with van der Waals surface area (Å²) in [5.74, 6) is 1.29. The Balaban J connectivity index is 2.19. The molecule has 0 aliphatic carbocycles. The molecule has 0 aliphatic heterocycles. The topological polar surface area (TPSA) is 57.0 Å². The minimum absolute atomic E-state index is 0.00772. The van der Waals surface area contributed by atoms with Crippen molar-refractivity contribution in [2.24, 2.45) is 7.05 Å². The molecule has 94 valence electrons. The van der Waals surface area contributed by atoms with E-state index in [4.69, 9.17) is 4.74 Å².